The highest BCUT2D eigenvalue weighted by atomic mass is 16.2. The Hall–Kier alpha value is -3.48. The number of hydrogen-bond acceptors (Lipinski definition) is 4. The number of aromatic nitrogens is 5. The van der Waals surface area contributed by atoms with Crippen molar-refractivity contribution in [2.24, 2.45) is 18.9 Å². The summed E-state index contributed by atoms with van der Waals surface area (Å²) in [5, 5.41) is 9.69. The fourth-order valence-corrected chi connectivity index (χ4v) is 4.78. The molecule has 0 radical (unpaired) electrons. The summed E-state index contributed by atoms with van der Waals surface area (Å²) in [4.78, 5) is 19.0. The third-order valence-electron chi connectivity index (χ3n) is 6.78. The van der Waals surface area contributed by atoms with Crippen molar-refractivity contribution < 1.29 is 4.79 Å². The number of likely N-dealkylation sites (tertiary alicyclic amines) is 1. The van der Waals surface area contributed by atoms with Crippen LogP contribution in [0.4, 0.5) is 0 Å². The largest absolute Gasteiger partial charge is 0.342 e. The highest BCUT2D eigenvalue weighted by Crippen LogP contribution is 2.33. The van der Waals surface area contributed by atoms with E-state index in [0.29, 0.717) is 17.7 Å². The predicted molar refractivity (Wildman–Crippen MR) is 123 cm³/mol. The molecule has 162 valence electrons. The first-order chi connectivity index (χ1) is 15.7. The average molecular weight is 427 g/mol. The molecule has 6 rings (SSSR count). The summed E-state index contributed by atoms with van der Waals surface area (Å²) in [7, 11) is 2.01. The fraction of sp³-hybridized carbons (Fsp3) is 0.360. The van der Waals surface area contributed by atoms with Crippen LogP contribution in [0.1, 0.15) is 19.3 Å². The van der Waals surface area contributed by atoms with E-state index in [0.717, 1.165) is 72.4 Å². The quantitative estimate of drug-likeness (QED) is 0.487. The molecule has 1 saturated heterocycles. The molecule has 7 nitrogen and oxygen atoms in total. The molecule has 0 spiro atoms. The van der Waals surface area contributed by atoms with Crippen LogP contribution in [0.25, 0.3) is 33.5 Å². The Bertz CT molecular complexity index is 1280. The summed E-state index contributed by atoms with van der Waals surface area (Å²) in [5.74, 6) is 1.99. The lowest BCUT2D eigenvalue weighted by atomic mass is 10.0. The third kappa shape index (κ3) is 3.47. The molecule has 3 aromatic heterocycles. The van der Waals surface area contributed by atoms with Crippen LogP contribution in [0, 0.1) is 11.8 Å². The molecule has 2 aliphatic rings. The van der Waals surface area contributed by atoms with Crippen LogP contribution >= 0.6 is 0 Å². The summed E-state index contributed by atoms with van der Waals surface area (Å²) >= 11 is 0. The third-order valence-corrected chi connectivity index (χ3v) is 6.78. The second-order valence-electron chi connectivity index (χ2n) is 9.16. The van der Waals surface area contributed by atoms with Gasteiger partial charge in [-0.1, -0.05) is 24.3 Å². The average Bonchev–Trinajstić information content (AvgIpc) is 3.21. The zero-order valence-electron chi connectivity index (χ0n) is 18.2. The second kappa shape index (κ2) is 7.58. The molecular weight excluding hydrogens is 400 g/mol. The number of benzene rings is 1. The number of aryl methyl sites for hydroxylation is 1. The van der Waals surface area contributed by atoms with Gasteiger partial charge in [0.2, 0.25) is 5.91 Å². The molecule has 0 N–H and O–H groups in total. The molecule has 32 heavy (non-hydrogen) atoms. The van der Waals surface area contributed by atoms with Crippen molar-refractivity contribution >= 4 is 16.9 Å². The molecule has 0 unspecified atom stereocenters. The van der Waals surface area contributed by atoms with Crippen molar-refractivity contribution in [1.82, 2.24) is 29.2 Å². The van der Waals surface area contributed by atoms with Gasteiger partial charge in [0.25, 0.3) is 0 Å². The summed E-state index contributed by atoms with van der Waals surface area (Å²) in [6, 6.07) is 12.7. The van der Waals surface area contributed by atoms with Gasteiger partial charge in [0.1, 0.15) is 12.0 Å². The number of nitrogens with zero attached hydrogens (tertiary/aromatic N) is 6. The molecule has 1 aliphatic carbocycles. The van der Waals surface area contributed by atoms with Crippen LogP contribution < -0.4 is 0 Å². The molecular formula is C25H26N6O. The Kier molecular flexibility index (Phi) is 4.56. The van der Waals surface area contributed by atoms with E-state index in [1.54, 1.807) is 0 Å². The lowest BCUT2D eigenvalue weighted by molar-refractivity contribution is -0.131. The topological polar surface area (TPSA) is 68.8 Å². The summed E-state index contributed by atoms with van der Waals surface area (Å²) < 4.78 is 4.16. The van der Waals surface area contributed by atoms with Crippen LogP contribution in [-0.4, -0.2) is 48.2 Å². The molecule has 0 bridgehead atoms. The van der Waals surface area contributed by atoms with E-state index in [2.05, 4.69) is 61.0 Å². The first-order valence-electron chi connectivity index (χ1n) is 11.3. The molecule has 1 aliphatic heterocycles. The Morgan fingerprint density at radius 2 is 1.88 bits per heavy atom. The van der Waals surface area contributed by atoms with Gasteiger partial charge in [-0.2, -0.15) is 0 Å². The van der Waals surface area contributed by atoms with Gasteiger partial charge in [0.15, 0.2) is 5.82 Å². The fourth-order valence-electron chi connectivity index (χ4n) is 4.78. The Morgan fingerprint density at radius 3 is 2.69 bits per heavy atom. The predicted octanol–water partition coefficient (Wildman–Crippen LogP) is 3.76. The lowest BCUT2D eigenvalue weighted by Gasteiger charge is -2.17. The number of rotatable bonds is 5. The normalized spacial score (nSPS) is 18.5. The van der Waals surface area contributed by atoms with Crippen LogP contribution in [-0.2, 0) is 18.4 Å². The van der Waals surface area contributed by atoms with E-state index >= 15 is 0 Å². The number of carbonyl (C=O) groups excluding carboxylic acids is 1. The highest BCUT2D eigenvalue weighted by Gasteiger charge is 2.36. The van der Waals surface area contributed by atoms with Crippen LogP contribution in [0.5, 0.6) is 0 Å². The van der Waals surface area contributed by atoms with Gasteiger partial charge < -0.3 is 14.0 Å². The molecule has 4 aromatic rings. The summed E-state index contributed by atoms with van der Waals surface area (Å²) in [6.07, 6.45) is 8.95. The van der Waals surface area contributed by atoms with Crippen LogP contribution in [0.2, 0.25) is 0 Å². The first kappa shape index (κ1) is 19.2. The van der Waals surface area contributed by atoms with E-state index in [-0.39, 0.29) is 0 Å². The van der Waals surface area contributed by atoms with Crippen molar-refractivity contribution in [3.63, 3.8) is 0 Å². The molecule has 4 heterocycles. The SMILES string of the molecule is Cn1ccc2cc(-c3ccc(-c4nncn4C[C@H]4CCN(C(=O)C5CC5)C4)cc3)cnc21. The Morgan fingerprint density at radius 1 is 1.06 bits per heavy atom. The minimum atomic E-state index is 0.301. The molecule has 7 heteroatoms. The number of fused-ring (bicyclic) bond motifs is 1. The zero-order chi connectivity index (χ0) is 21.7. The van der Waals surface area contributed by atoms with Crippen molar-refractivity contribution in [2.45, 2.75) is 25.8 Å². The Labute approximate surface area is 186 Å². The van der Waals surface area contributed by atoms with Gasteiger partial charge in [-0.25, -0.2) is 4.98 Å². The minimum absolute atomic E-state index is 0.301. The molecule has 1 atom stereocenters. The monoisotopic (exact) mass is 426 g/mol. The molecule has 1 amide bonds. The minimum Gasteiger partial charge on any atom is -0.342 e. The summed E-state index contributed by atoms with van der Waals surface area (Å²) in [6.45, 7) is 2.57. The number of amides is 1. The zero-order valence-corrected chi connectivity index (χ0v) is 18.2. The van der Waals surface area contributed by atoms with Crippen LogP contribution in [0.3, 0.4) is 0 Å². The van der Waals surface area contributed by atoms with E-state index < -0.39 is 0 Å². The van der Waals surface area contributed by atoms with Crippen molar-refractivity contribution in [2.75, 3.05) is 13.1 Å². The second-order valence-corrected chi connectivity index (χ2v) is 9.16. The number of carbonyl (C=O) groups is 1. The number of hydrogen-bond donors (Lipinski definition) is 0. The molecule has 1 saturated carbocycles. The van der Waals surface area contributed by atoms with E-state index in [9.17, 15) is 4.79 Å². The maximum absolute atomic E-state index is 12.4. The first-order valence-corrected chi connectivity index (χ1v) is 11.3. The van der Waals surface area contributed by atoms with Gasteiger partial charge >= 0.3 is 0 Å². The maximum atomic E-state index is 12.4. The molecule has 1 aromatic carbocycles. The van der Waals surface area contributed by atoms with Gasteiger partial charge in [0, 0.05) is 61.5 Å². The van der Waals surface area contributed by atoms with E-state index in [1.807, 2.05) is 30.3 Å². The smallest absolute Gasteiger partial charge is 0.225 e. The van der Waals surface area contributed by atoms with Crippen molar-refractivity contribution in [3.8, 4) is 22.5 Å². The summed E-state index contributed by atoms with van der Waals surface area (Å²) in [5.41, 5.74) is 4.26. The standard InChI is InChI=1S/C25H26N6O/c1-29-10-9-21-12-22(13-26-23(21)29)18-2-4-19(5-3-18)24-28-27-16-31(24)15-17-8-11-30(14-17)25(32)20-6-7-20/h2-5,9-10,12-13,16-17,20H,6-8,11,14-15H2,1H3/t17-/m0/s1. The van der Waals surface area contributed by atoms with E-state index in [1.165, 1.54) is 0 Å². The Balaban J connectivity index is 1.18. The maximum Gasteiger partial charge on any atom is 0.225 e. The lowest BCUT2D eigenvalue weighted by Crippen LogP contribution is -2.30. The van der Waals surface area contributed by atoms with Gasteiger partial charge in [-0.15, -0.1) is 10.2 Å². The van der Waals surface area contributed by atoms with Gasteiger partial charge in [0.05, 0.1) is 0 Å². The van der Waals surface area contributed by atoms with Gasteiger partial charge in [-0.05, 0) is 42.9 Å². The van der Waals surface area contributed by atoms with E-state index in [4.69, 9.17) is 0 Å². The molecule has 2 fully saturated rings. The van der Waals surface area contributed by atoms with Crippen molar-refractivity contribution in [1.29, 1.82) is 0 Å². The highest BCUT2D eigenvalue weighted by molar-refractivity contribution is 5.82. The number of pyridine rings is 1. The van der Waals surface area contributed by atoms with Gasteiger partial charge in [-0.3, -0.25) is 4.79 Å². The van der Waals surface area contributed by atoms with Crippen LogP contribution in [0.15, 0.2) is 55.1 Å². The van der Waals surface area contributed by atoms with Crippen molar-refractivity contribution in [3.05, 3.63) is 55.1 Å².